The summed E-state index contributed by atoms with van der Waals surface area (Å²) in [7, 11) is -2.21. The van der Waals surface area contributed by atoms with Crippen LogP contribution in [0.3, 0.4) is 0 Å². The highest BCUT2D eigenvalue weighted by molar-refractivity contribution is 7.89. The summed E-state index contributed by atoms with van der Waals surface area (Å²) >= 11 is 0. The van der Waals surface area contributed by atoms with E-state index in [0.29, 0.717) is 24.4 Å². The fourth-order valence-electron chi connectivity index (χ4n) is 2.74. The third-order valence-electron chi connectivity index (χ3n) is 4.70. The number of amides is 1. The van der Waals surface area contributed by atoms with Crippen LogP contribution in [0.2, 0.25) is 0 Å². The molecule has 25 heavy (non-hydrogen) atoms. The molecule has 1 atom stereocenters. The number of carbonyl (C=O) groups is 1. The van der Waals surface area contributed by atoms with Gasteiger partial charge in [0, 0.05) is 19.1 Å². The molecule has 1 saturated heterocycles. The summed E-state index contributed by atoms with van der Waals surface area (Å²) in [6.07, 6.45) is 3.06. The van der Waals surface area contributed by atoms with E-state index in [1.165, 1.54) is 19.2 Å². The number of ether oxygens (including phenoxy) is 1. The average Bonchev–Trinajstić information content (AvgIpc) is 2.60. The van der Waals surface area contributed by atoms with Crippen molar-refractivity contribution in [2.24, 2.45) is 5.92 Å². The van der Waals surface area contributed by atoms with Crippen LogP contribution in [0.1, 0.15) is 50.4 Å². The Hall–Kier alpha value is -1.60. The van der Waals surface area contributed by atoms with E-state index in [1.54, 1.807) is 11.0 Å². The number of carbonyl (C=O) groups excluding carboxylic acids is 1. The zero-order chi connectivity index (χ0) is 18.6. The van der Waals surface area contributed by atoms with Gasteiger partial charge in [0.2, 0.25) is 10.0 Å². The second kappa shape index (κ2) is 8.19. The predicted octanol–water partition coefficient (Wildman–Crippen LogP) is 2.64. The zero-order valence-corrected chi connectivity index (χ0v) is 16.2. The maximum atomic E-state index is 12.8. The molecule has 0 aromatic heterocycles. The molecule has 0 aliphatic carbocycles. The van der Waals surface area contributed by atoms with Gasteiger partial charge in [-0.25, -0.2) is 13.1 Å². The Morgan fingerprint density at radius 3 is 2.36 bits per heavy atom. The summed E-state index contributed by atoms with van der Waals surface area (Å²) in [5, 5.41) is 0. The van der Waals surface area contributed by atoms with Gasteiger partial charge in [-0.2, -0.15) is 0 Å². The highest BCUT2D eigenvalue weighted by Crippen LogP contribution is 2.25. The molecule has 1 aromatic rings. The molecule has 1 fully saturated rings. The SMILES string of the molecule is COc1ccc(S(=O)(=O)N[C@H](C)C(C)C)cc1C(=O)N1CCCCC1. The van der Waals surface area contributed by atoms with Crippen LogP contribution in [0, 0.1) is 5.92 Å². The number of piperidine rings is 1. The molecule has 0 saturated carbocycles. The highest BCUT2D eigenvalue weighted by Gasteiger charge is 2.25. The highest BCUT2D eigenvalue weighted by atomic mass is 32.2. The first-order valence-corrected chi connectivity index (χ1v) is 10.2. The normalized spacial score (nSPS) is 16.8. The number of nitrogens with one attached hydrogen (secondary N) is 1. The zero-order valence-electron chi connectivity index (χ0n) is 15.4. The van der Waals surface area contributed by atoms with Crippen molar-refractivity contribution in [1.82, 2.24) is 9.62 Å². The Kier molecular flexibility index (Phi) is 6.46. The third kappa shape index (κ3) is 4.73. The number of benzene rings is 1. The van der Waals surface area contributed by atoms with Crippen molar-refractivity contribution in [2.45, 2.75) is 51.0 Å². The van der Waals surface area contributed by atoms with Crippen LogP contribution in [0.4, 0.5) is 0 Å². The summed E-state index contributed by atoms with van der Waals surface area (Å²) in [6.45, 7) is 7.12. The molecule has 7 heteroatoms. The molecular formula is C18H28N2O4S. The summed E-state index contributed by atoms with van der Waals surface area (Å²) in [4.78, 5) is 14.7. The van der Waals surface area contributed by atoms with E-state index in [9.17, 15) is 13.2 Å². The number of hydrogen-bond acceptors (Lipinski definition) is 4. The van der Waals surface area contributed by atoms with E-state index in [0.717, 1.165) is 19.3 Å². The predicted molar refractivity (Wildman–Crippen MR) is 97.4 cm³/mol. The minimum atomic E-state index is -3.69. The minimum Gasteiger partial charge on any atom is -0.496 e. The van der Waals surface area contributed by atoms with Crippen LogP contribution in [-0.2, 0) is 10.0 Å². The summed E-state index contributed by atoms with van der Waals surface area (Å²) in [5.74, 6) is 0.388. The van der Waals surface area contributed by atoms with Gasteiger partial charge in [-0.3, -0.25) is 4.79 Å². The second-order valence-electron chi connectivity index (χ2n) is 6.87. The van der Waals surface area contributed by atoms with Crippen LogP contribution >= 0.6 is 0 Å². The van der Waals surface area contributed by atoms with E-state index >= 15 is 0 Å². The van der Waals surface area contributed by atoms with Crippen molar-refractivity contribution >= 4 is 15.9 Å². The van der Waals surface area contributed by atoms with Gasteiger partial charge >= 0.3 is 0 Å². The van der Waals surface area contributed by atoms with E-state index < -0.39 is 10.0 Å². The Balaban J connectivity index is 2.34. The van der Waals surface area contributed by atoms with Crippen molar-refractivity contribution in [3.63, 3.8) is 0 Å². The van der Waals surface area contributed by atoms with Crippen molar-refractivity contribution in [1.29, 1.82) is 0 Å². The van der Waals surface area contributed by atoms with Gasteiger partial charge in [0.05, 0.1) is 17.6 Å². The van der Waals surface area contributed by atoms with E-state index in [-0.39, 0.29) is 22.8 Å². The van der Waals surface area contributed by atoms with Gasteiger partial charge < -0.3 is 9.64 Å². The topological polar surface area (TPSA) is 75.7 Å². The maximum absolute atomic E-state index is 12.8. The van der Waals surface area contributed by atoms with Gasteiger partial charge in [-0.05, 0) is 50.3 Å². The summed E-state index contributed by atoms with van der Waals surface area (Å²) in [6, 6.07) is 4.24. The molecule has 1 N–H and O–H groups in total. The van der Waals surface area contributed by atoms with Gasteiger partial charge in [-0.1, -0.05) is 13.8 Å². The number of methoxy groups -OCH3 is 1. The largest absolute Gasteiger partial charge is 0.496 e. The van der Waals surface area contributed by atoms with Crippen molar-refractivity contribution in [3.05, 3.63) is 23.8 Å². The molecular weight excluding hydrogens is 340 g/mol. The fourth-order valence-corrected chi connectivity index (χ4v) is 4.16. The third-order valence-corrected chi connectivity index (χ3v) is 6.25. The Bertz CT molecular complexity index is 710. The molecule has 6 nitrogen and oxygen atoms in total. The molecule has 0 unspecified atom stereocenters. The average molecular weight is 368 g/mol. The summed E-state index contributed by atoms with van der Waals surface area (Å²) in [5.41, 5.74) is 0.296. The van der Waals surface area contributed by atoms with Crippen LogP contribution in [0.15, 0.2) is 23.1 Å². The first-order valence-electron chi connectivity index (χ1n) is 8.76. The van der Waals surface area contributed by atoms with Crippen molar-refractivity contribution in [3.8, 4) is 5.75 Å². The van der Waals surface area contributed by atoms with Crippen LogP contribution in [0.25, 0.3) is 0 Å². The monoisotopic (exact) mass is 368 g/mol. The van der Waals surface area contributed by atoms with Crippen LogP contribution in [-0.4, -0.2) is 45.5 Å². The van der Waals surface area contributed by atoms with E-state index in [2.05, 4.69) is 4.72 Å². The quantitative estimate of drug-likeness (QED) is 0.837. The molecule has 0 spiro atoms. The van der Waals surface area contributed by atoms with E-state index in [1.807, 2.05) is 20.8 Å². The smallest absolute Gasteiger partial charge is 0.257 e. The lowest BCUT2D eigenvalue weighted by atomic mass is 10.1. The van der Waals surface area contributed by atoms with Gasteiger partial charge in [0.15, 0.2) is 0 Å². The van der Waals surface area contributed by atoms with Crippen molar-refractivity contribution < 1.29 is 17.9 Å². The number of likely N-dealkylation sites (tertiary alicyclic amines) is 1. The first-order chi connectivity index (χ1) is 11.8. The fraction of sp³-hybridized carbons (Fsp3) is 0.611. The molecule has 1 aromatic carbocycles. The number of sulfonamides is 1. The Morgan fingerprint density at radius 1 is 1.16 bits per heavy atom. The Morgan fingerprint density at radius 2 is 1.80 bits per heavy atom. The number of rotatable bonds is 6. The molecule has 1 aliphatic rings. The maximum Gasteiger partial charge on any atom is 0.257 e. The van der Waals surface area contributed by atoms with Gasteiger partial charge in [0.25, 0.3) is 5.91 Å². The molecule has 140 valence electrons. The van der Waals surface area contributed by atoms with Crippen LogP contribution in [0.5, 0.6) is 5.75 Å². The van der Waals surface area contributed by atoms with Crippen LogP contribution < -0.4 is 9.46 Å². The lowest BCUT2D eigenvalue weighted by molar-refractivity contribution is 0.0720. The Labute approximate surface area is 150 Å². The van der Waals surface area contributed by atoms with Crippen molar-refractivity contribution in [2.75, 3.05) is 20.2 Å². The molecule has 2 rings (SSSR count). The minimum absolute atomic E-state index is 0.0844. The van der Waals surface area contributed by atoms with Gasteiger partial charge in [-0.15, -0.1) is 0 Å². The lowest BCUT2D eigenvalue weighted by Crippen LogP contribution is -2.37. The standard InChI is InChI=1S/C18H28N2O4S/c1-13(2)14(3)19-25(22,23)15-8-9-17(24-4)16(12-15)18(21)20-10-6-5-7-11-20/h8-9,12-14,19H,5-7,10-11H2,1-4H3/t14-/m1/s1. The molecule has 0 bridgehead atoms. The molecule has 1 aliphatic heterocycles. The molecule has 1 amide bonds. The lowest BCUT2D eigenvalue weighted by Gasteiger charge is -2.27. The molecule has 0 radical (unpaired) electrons. The second-order valence-corrected chi connectivity index (χ2v) is 8.58. The van der Waals surface area contributed by atoms with Gasteiger partial charge in [0.1, 0.15) is 5.75 Å². The number of nitrogens with zero attached hydrogens (tertiary/aromatic N) is 1. The molecule has 1 heterocycles. The summed E-state index contributed by atoms with van der Waals surface area (Å²) < 4.78 is 33.2. The first kappa shape index (κ1) is 19.7. The van der Waals surface area contributed by atoms with E-state index in [4.69, 9.17) is 4.74 Å². The number of hydrogen-bond donors (Lipinski definition) is 1.